The number of hydrogen-bond donors (Lipinski definition) is 2. The lowest BCUT2D eigenvalue weighted by molar-refractivity contribution is 0.549. The van der Waals surface area contributed by atoms with Crippen molar-refractivity contribution in [3.05, 3.63) is 62.0 Å². The standard InChI is InChI=1S/C15H13Br2N3S/c16-9-5-6-11(17)10(7-9)13(20-18)8-15-19-12-3-1-2-4-14(12)21-15/h1-7,13,20H,8,18H2. The fourth-order valence-electron chi connectivity index (χ4n) is 2.22. The van der Waals surface area contributed by atoms with Crippen molar-refractivity contribution in [2.45, 2.75) is 12.5 Å². The summed E-state index contributed by atoms with van der Waals surface area (Å²) in [6, 6.07) is 14.3. The molecule has 0 radical (unpaired) electrons. The zero-order valence-electron chi connectivity index (χ0n) is 11.0. The molecule has 0 fully saturated rings. The molecular weight excluding hydrogens is 414 g/mol. The Labute approximate surface area is 143 Å². The molecule has 0 aliphatic rings. The highest BCUT2D eigenvalue weighted by Gasteiger charge is 2.16. The lowest BCUT2D eigenvalue weighted by Crippen LogP contribution is -2.29. The Morgan fingerprint density at radius 2 is 2.00 bits per heavy atom. The fraction of sp³-hybridized carbons (Fsp3) is 0.133. The number of benzene rings is 2. The number of hydrazine groups is 1. The third-order valence-corrected chi connectivity index (χ3v) is 5.53. The average molecular weight is 427 g/mol. The SMILES string of the molecule is NNC(Cc1nc2ccccc2s1)c1cc(Br)ccc1Br. The van der Waals surface area contributed by atoms with Crippen LogP contribution in [0, 0.1) is 0 Å². The zero-order chi connectivity index (χ0) is 14.8. The minimum atomic E-state index is 0.0115. The highest BCUT2D eigenvalue weighted by Crippen LogP contribution is 2.31. The molecule has 3 rings (SSSR count). The topological polar surface area (TPSA) is 50.9 Å². The van der Waals surface area contributed by atoms with Gasteiger partial charge in [-0.25, -0.2) is 4.98 Å². The first kappa shape index (κ1) is 15.1. The van der Waals surface area contributed by atoms with E-state index >= 15 is 0 Å². The zero-order valence-corrected chi connectivity index (χ0v) is 15.0. The molecule has 3 aromatic rings. The van der Waals surface area contributed by atoms with E-state index in [1.807, 2.05) is 30.3 Å². The molecule has 0 aliphatic carbocycles. The maximum absolute atomic E-state index is 5.76. The molecule has 21 heavy (non-hydrogen) atoms. The van der Waals surface area contributed by atoms with Gasteiger partial charge in [0.25, 0.3) is 0 Å². The van der Waals surface area contributed by atoms with Crippen molar-refractivity contribution in [3.8, 4) is 0 Å². The van der Waals surface area contributed by atoms with Gasteiger partial charge < -0.3 is 0 Å². The van der Waals surface area contributed by atoms with Gasteiger partial charge in [0.05, 0.1) is 21.3 Å². The summed E-state index contributed by atoms with van der Waals surface area (Å²) in [7, 11) is 0. The van der Waals surface area contributed by atoms with Gasteiger partial charge >= 0.3 is 0 Å². The predicted octanol–water partition coefficient (Wildman–Crippen LogP) is 4.57. The maximum atomic E-state index is 5.76. The number of nitrogens with one attached hydrogen (secondary N) is 1. The molecule has 0 spiro atoms. The number of nitrogens with zero attached hydrogens (tertiary/aromatic N) is 1. The van der Waals surface area contributed by atoms with Gasteiger partial charge in [0, 0.05) is 15.4 Å². The summed E-state index contributed by atoms with van der Waals surface area (Å²) in [4.78, 5) is 4.67. The number of rotatable bonds is 4. The predicted molar refractivity (Wildman–Crippen MR) is 95.2 cm³/mol. The Kier molecular flexibility index (Phi) is 4.71. The molecular formula is C15H13Br2N3S. The molecule has 6 heteroatoms. The number of halogens is 2. The van der Waals surface area contributed by atoms with Crippen LogP contribution in [0.4, 0.5) is 0 Å². The molecule has 0 amide bonds. The van der Waals surface area contributed by atoms with Crippen molar-refractivity contribution in [1.82, 2.24) is 10.4 Å². The van der Waals surface area contributed by atoms with Crippen LogP contribution in [0.5, 0.6) is 0 Å². The van der Waals surface area contributed by atoms with E-state index in [-0.39, 0.29) is 6.04 Å². The quantitative estimate of drug-likeness (QED) is 0.474. The van der Waals surface area contributed by atoms with Crippen molar-refractivity contribution in [1.29, 1.82) is 0 Å². The molecule has 3 nitrogen and oxygen atoms in total. The molecule has 1 aromatic heterocycles. The molecule has 0 saturated carbocycles. The van der Waals surface area contributed by atoms with Crippen molar-refractivity contribution in [3.63, 3.8) is 0 Å². The van der Waals surface area contributed by atoms with Gasteiger partial charge in [-0.05, 0) is 35.9 Å². The molecule has 2 aromatic carbocycles. The highest BCUT2D eigenvalue weighted by atomic mass is 79.9. The molecule has 0 saturated heterocycles. The Morgan fingerprint density at radius 3 is 2.76 bits per heavy atom. The second-order valence-corrected chi connectivity index (χ2v) is 7.55. The Hall–Kier alpha value is -0.790. The highest BCUT2D eigenvalue weighted by molar-refractivity contribution is 9.11. The average Bonchev–Trinajstić information content (AvgIpc) is 2.90. The molecule has 1 atom stereocenters. The van der Waals surface area contributed by atoms with Crippen LogP contribution >= 0.6 is 43.2 Å². The van der Waals surface area contributed by atoms with Crippen LogP contribution < -0.4 is 11.3 Å². The lowest BCUT2D eigenvalue weighted by Gasteiger charge is -2.17. The van der Waals surface area contributed by atoms with Gasteiger partial charge in [-0.1, -0.05) is 44.0 Å². The fourth-order valence-corrected chi connectivity index (χ4v) is 4.14. The smallest absolute Gasteiger partial charge is 0.0958 e. The van der Waals surface area contributed by atoms with Gasteiger partial charge in [0.15, 0.2) is 0 Å². The van der Waals surface area contributed by atoms with Crippen LogP contribution in [0.1, 0.15) is 16.6 Å². The van der Waals surface area contributed by atoms with Gasteiger partial charge in [0.1, 0.15) is 0 Å². The number of hydrogen-bond acceptors (Lipinski definition) is 4. The summed E-state index contributed by atoms with van der Waals surface area (Å²) in [5.41, 5.74) is 5.05. The summed E-state index contributed by atoms with van der Waals surface area (Å²) in [6.45, 7) is 0. The van der Waals surface area contributed by atoms with Crippen LogP contribution in [0.2, 0.25) is 0 Å². The Bertz CT molecular complexity index is 739. The summed E-state index contributed by atoms with van der Waals surface area (Å²) in [5.74, 6) is 5.76. The van der Waals surface area contributed by atoms with E-state index in [4.69, 9.17) is 5.84 Å². The largest absolute Gasteiger partial charge is 0.271 e. The minimum absolute atomic E-state index is 0.0115. The minimum Gasteiger partial charge on any atom is -0.271 e. The van der Waals surface area contributed by atoms with Crippen molar-refractivity contribution in [2.24, 2.45) is 5.84 Å². The van der Waals surface area contributed by atoms with Crippen LogP contribution in [0.25, 0.3) is 10.2 Å². The molecule has 1 heterocycles. The molecule has 0 bridgehead atoms. The van der Waals surface area contributed by atoms with E-state index in [2.05, 4.69) is 54.4 Å². The number of nitrogens with two attached hydrogens (primary N) is 1. The third kappa shape index (κ3) is 3.35. The van der Waals surface area contributed by atoms with E-state index in [9.17, 15) is 0 Å². The first-order chi connectivity index (χ1) is 10.2. The van der Waals surface area contributed by atoms with Gasteiger partial charge in [-0.15, -0.1) is 11.3 Å². The van der Waals surface area contributed by atoms with E-state index in [1.165, 1.54) is 4.70 Å². The molecule has 108 valence electrons. The van der Waals surface area contributed by atoms with E-state index < -0.39 is 0 Å². The first-order valence-corrected chi connectivity index (χ1v) is 8.83. The van der Waals surface area contributed by atoms with E-state index in [1.54, 1.807) is 11.3 Å². The summed E-state index contributed by atoms with van der Waals surface area (Å²) < 4.78 is 3.27. The van der Waals surface area contributed by atoms with Crippen LogP contribution in [0.15, 0.2) is 51.4 Å². The second-order valence-electron chi connectivity index (χ2n) is 4.66. The summed E-state index contributed by atoms with van der Waals surface area (Å²) in [6.07, 6.45) is 0.755. The lowest BCUT2D eigenvalue weighted by atomic mass is 10.1. The van der Waals surface area contributed by atoms with E-state index in [0.29, 0.717) is 0 Å². The van der Waals surface area contributed by atoms with Crippen molar-refractivity contribution in [2.75, 3.05) is 0 Å². The van der Waals surface area contributed by atoms with E-state index in [0.717, 1.165) is 31.5 Å². The second kappa shape index (κ2) is 6.54. The number of para-hydroxylation sites is 1. The van der Waals surface area contributed by atoms with Crippen LogP contribution in [-0.4, -0.2) is 4.98 Å². The van der Waals surface area contributed by atoms with Gasteiger partial charge in [0.2, 0.25) is 0 Å². The first-order valence-electron chi connectivity index (χ1n) is 6.43. The third-order valence-electron chi connectivity index (χ3n) is 3.25. The number of aromatic nitrogens is 1. The monoisotopic (exact) mass is 425 g/mol. The Balaban J connectivity index is 1.91. The van der Waals surface area contributed by atoms with Crippen molar-refractivity contribution >= 4 is 53.4 Å². The van der Waals surface area contributed by atoms with Gasteiger partial charge in [-0.2, -0.15) is 0 Å². The summed E-state index contributed by atoms with van der Waals surface area (Å²) >= 11 is 8.80. The molecule has 1 unspecified atom stereocenters. The molecule has 3 N–H and O–H groups in total. The summed E-state index contributed by atoms with van der Waals surface area (Å²) in [5, 5.41) is 1.08. The molecule has 0 aliphatic heterocycles. The number of thiazole rings is 1. The Morgan fingerprint density at radius 1 is 1.19 bits per heavy atom. The van der Waals surface area contributed by atoms with Crippen molar-refractivity contribution < 1.29 is 0 Å². The van der Waals surface area contributed by atoms with Gasteiger partial charge in [-0.3, -0.25) is 11.3 Å². The normalized spacial score (nSPS) is 12.7. The van der Waals surface area contributed by atoms with Crippen LogP contribution in [-0.2, 0) is 6.42 Å². The van der Waals surface area contributed by atoms with Crippen LogP contribution in [0.3, 0.4) is 0 Å². The number of fused-ring (bicyclic) bond motifs is 1. The maximum Gasteiger partial charge on any atom is 0.0958 e.